The number of hydrogen-bond donors (Lipinski definition) is 2. The Hall–Kier alpha value is -0.460. The molecule has 1 saturated heterocycles. The van der Waals surface area contributed by atoms with Gasteiger partial charge in [-0.1, -0.05) is 34.1 Å². The molecule has 2 aromatic rings. The van der Waals surface area contributed by atoms with Crippen molar-refractivity contribution in [3.63, 3.8) is 0 Å². The van der Waals surface area contributed by atoms with Crippen molar-refractivity contribution in [1.29, 1.82) is 0 Å². The highest BCUT2D eigenvalue weighted by atomic mass is 79.9. The molecule has 1 saturated carbocycles. The van der Waals surface area contributed by atoms with Gasteiger partial charge in [0.25, 0.3) is 0 Å². The van der Waals surface area contributed by atoms with E-state index in [0.717, 1.165) is 6.42 Å². The van der Waals surface area contributed by atoms with Crippen LogP contribution in [0.3, 0.4) is 0 Å². The highest BCUT2D eigenvalue weighted by Gasteiger charge is 2.47. The zero-order valence-corrected chi connectivity index (χ0v) is 14.3. The van der Waals surface area contributed by atoms with Gasteiger partial charge < -0.3 is 4.74 Å². The molecule has 5 atom stereocenters. The lowest BCUT2D eigenvalue weighted by Crippen LogP contribution is -2.45. The topological polar surface area (TPSA) is 33.3 Å². The van der Waals surface area contributed by atoms with Gasteiger partial charge in [-0.25, -0.2) is 5.43 Å². The number of benzene rings is 1. The van der Waals surface area contributed by atoms with E-state index in [1.54, 1.807) is 0 Å². The summed E-state index contributed by atoms with van der Waals surface area (Å²) in [6.45, 7) is 0. The summed E-state index contributed by atoms with van der Waals surface area (Å²) in [7, 11) is 1.83. The van der Waals surface area contributed by atoms with Gasteiger partial charge in [0, 0.05) is 33.5 Å². The molecule has 0 amide bonds. The molecule has 4 rings (SSSR count). The molecule has 0 radical (unpaired) electrons. The number of nitrogens with one attached hydrogen (secondary N) is 2. The molecule has 21 heavy (non-hydrogen) atoms. The molecule has 5 heteroatoms. The summed E-state index contributed by atoms with van der Waals surface area (Å²) >= 11 is 5.70. The average Bonchev–Trinajstić information content (AvgIpc) is 3.10. The highest BCUT2D eigenvalue weighted by Crippen LogP contribution is 2.44. The molecule has 1 aromatic carbocycles. The van der Waals surface area contributed by atoms with Crippen LogP contribution in [-0.4, -0.2) is 24.1 Å². The van der Waals surface area contributed by atoms with Crippen LogP contribution in [0, 0.1) is 5.92 Å². The van der Waals surface area contributed by atoms with Crippen LogP contribution in [0.1, 0.15) is 23.8 Å². The van der Waals surface area contributed by atoms with Gasteiger partial charge in [-0.2, -0.15) is 0 Å². The summed E-state index contributed by atoms with van der Waals surface area (Å²) in [5, 5.41) is 1.34. The minimum Gasteiger partial charge on any atom is -0.380 e. The summed E-state index contributed by atoms with van der Waals surface area (Å²) in [6.07, 6.45) is 2.60. The third-order valence-corrected chi connectivity index (χ3v) is 6.96. The molecule has 1 aliphatic carbocycles. The molecule has 0 bridgehead atoms. The van der Waals surface area contributed by atoms with E-state index in [2.05, 4.69) is 57.1 Å². The quantitative estimate of drug-likeness (QED) is 0.796. The van der Waals surface area contributed by atoms with Crippen LogP contribution in [0.25, 0.3) is 10.1 Å². The molecule has 2 heterocycles. The first-order chi connectivity index (χ1) is 10.3. The third kappa shape index (κ3) is 2.35. The largest absolute Gasteiger partial charge is 0.380 e. The maximum Gasteiger partial charge on any atom is 0.0758 e. The van der Waals surface area contributed by atoms with Gasteiger partial charge in [0.05, 0.1) is 12.1 Å². The van der Waals surface area contributed by atoms with Gasteiger partial charge in [-0.05, 0) is 30.4 Å². The van der Waals surface area contributed by atoms with E-state index in [1.165, 1.54) is 21.4 Å². The van der Waals surface area contributed by atoms with Crippen LogP contribution in [0.2, 0.25) is 0 Å². The monoisotopic (exact) mass is 366 g/mol. The molecule has 0 spiro atoms. The number of fused-ring (bicyclic) bond motifs is 2. The second kappa shape index (κ2) is 5.63. The van der Waals surface area contributed by atoms with Crippen molar-refractivity contribution in [1.82, 2.24) is 10.9 Å². The number of alkyl halides is 1. The lowest BCUT2D eigenvalue weighted by Gasteiger charge is -2.37. The fourth-order valence-electron chi connectivity index (χ4n) is 3.77. The van der Waals surface area contributed by atoms with E-state index in [0.29, 0.717) is 22.8 Å². The van der Waals surface area contributed by atoms with Crippen molar-refractivity contribution < 1.29 is 4.74 Å². The number of hydrogen-bond acceptors (Lipinski definition) is 4. The Morgan fingerprint density at radius 3 is 2.90 bits per heavy atom. The Balaban J connectivity index is 1.70. The lowest BCUT2D eigenvalue weighted by atomic mass is 9.79. The predicted molar refractivity (Wildman–Crippen MR) is 90.9 cm³/mol. The standard InChI is InChI=1S/C16H19BrN2OS/c1-20-16-10(17)6-7-11-14(16)15(19-18-11)13-8-9-4-2-3-5-12(9)21-13/h2-5,8,10-11,14-16,18-19H,6-7H2,1H3. The van der Waals surface area contributed by atoms with E-state index < -0.39 is 0 Å². The number of thiophene rings is 1. The molecule has 2 fully saturated rings. The van der Waals surface area contributed by atoms with E-state index in [9.17, 15) is 0 Å². The molecule has 3 nitrogen and oxygen atoms in total. The fourth-order valence-corrected chi connectivity index (χ4v) is 5.78. The van der Waals surface area contributed by atoms with E-state index in [-0.39, 0.29) is 6.10 Å². The van der Waals surface area contributed by atoms with Crippen molar-refractivity contribution in [2.24, 2.45) is 5.92 Å². The van der Waals surface area contributed by atoms with Crippen LogP contribution in [-0.2, 0) is 4.74 Å². The summed E-state index contributed by atoms with van der Waals surface area (Å²) in [5.74, 6) is 0.473. The fraction of sp³-hybridized carbons (Fsp3) is 0.500. The number of methoxy groups -OCH3 is 1. The van der Waals surface area contributed by atoms with Gasteiger partial charge >= 0.3 is 0 Å². The number of ether oxygens (including phenoxy) is 1. The van der Waals surface area contributed by atoms with Gasteiger partial charge in [0.15, 0.2) is 0 Å². The Kier molecular flexibility index (Phi) is 3.79. The third-order valence-electron chi connectivity index (χ3n) is 4.79. The average molecular weight is 367 g/mol. The van der Waals surface area contributed by atoms with Crippen molar-refractivity contribution in [2.75, 3.05) is 7.11 Å². The first-order valence-corrected chi connectivity index (χ1v) is 9.17. The van der Waals surface area contributed by atoms with E-state index in [1.807, 2.05) is 18.4 Å². The van der Waals surface area contributed by atoms with Crippen molar-refractivity contribution in [3.8, 4) is 0 Å². The molecule has 112 valence electrons. The highest BCUT2D eigenvalue weighted by molar-refractivity contribution is 9.09. The molecule has 2 aliphatic rings. The summed E-state index contributed by atoms with van der Waals surface area (Å²) in [4.78, 5) is 1.85. The maximum atomic E-state index is 5.82. The first kappa shape index (κ1) is 14.2. The van der Waals surface area contributed by atoms with E-state index >= 15 is 0 Å². The molecule has 2 N–H and O–H groups in total. The second-order valence-corrected chi connectivity index (χ2v) is 8.22. The lowest BCUT2D eigenvalue weighted by molar-refractivity contribution is 0.0209. The van der Waals surface area contributed by atoms with Crippen molar-refractivity contribution >= 4 is 37.4 Å². The molecule has 1 aromatic heterocycles. The van der Waals surface area contributed by atoms with Gasteiger partial charge in [-0.15, -0.1) is 11.3 Å². The first-order valence-electron chi connectivity index (χ1n) is 7.44. The molecule has 5 unspecified atom stereocenters. The smallest absolute Gasteiger partial charge is 0.0758 e. The summed E-state index contributed by atoms with van der Waals surface area (Å²) < 4.78 is 7.18. The number of halogens is 1. The Labute approximate surface area is 137 Å². The van der Waals surface area contributed by atoms with Gasteiger partial charge in [0.1, 0.15) is 0 Å². The molecule has 1 aliphatic heterocycles. The van der Waals surface area contributed by atoms with Crippen LogP contribution in [0.5, 0.6) is 0 Å². The van der Waals surface area contributed by atoms with Crippen LogP contribution < -0.4 is 10.9 Å². The van der Waals surface area contributed by atoms with Crippen molar-refractivity contribution in [3.05, 3.63) is 35.2 Å². The second-order valence-electron chi connectivity index (χ2n) is 5.93. The molecular weight excluding hydrogens is 348 g/mol. The minimum absolute atomic E-state index is 0.251. The predicted octanol–water partition coefficient (Wildman–Crippen LogP) is 3.61. The number of rotatable bonds is 2. The zero-order valence-electron chi connectivity index (χ0n) is 11.9. The van der Waals surface area contributed by atoms with Gasteiger partial charge in [0.2, 0.25) is 0 Å². The van der Waals surface area contributed by atoms with Crippen LogP contribution >= 0.6 is 27.3 Å². The van der Waals surface area contributed by atoms with Crippen molar-refractivity contribution in [2.45, 2.75) is 35.9 Å². The van der Waals surface area contributed by atoms with Crippen LogP contribution in [0.15, 0.2) is 30.3 Å². The normalized spacial score (nSPS) is 36.0. The Bertz CT molecular complexity index is 613. The Morgan fingerprint density at radius 2 is 2.10 bits per heavy atom. The molecular formula is C16H19BrN2OS. The van der Waals surface area contributed by atoms with Gasteiger partial charge in [-0.3, -0.25) is 5.43 Å². The Morgan fingerprint density at radius 1 is 1.24 bits per heavy atom. The SMILES string of the molecule is COC1C(Br)CCC2NNC(c3cc4ccccc4s3)C21. The zero-order chi connectivity index (χ0) is 14.4. The number of hydrazine groups is 1. The minimum atomic E-state index is 0.251. The summed E-state index contributed by atoms with van der Waals surface area (Å²) in [6, 6.07) is 11.8. The van der Waals surface area contributed by atoms with Crippen LogP contribution in [0.4, 0.5) is 0 Å². The summed E-state index contributed by atoms with van der Waals surface area (Å²) in [5.41, 5.74) is 7.01. The van der Waals surface area contributed by atoms with E-state index in [4.69, 9.17) is 4.74 Å². The maximum absolute atomic E-state index is 5.82.